The summed E-state index contributed by atoms with van der Waals surface area (Å²) in [6.45, 7) is 6.18. The molecule has 0 aliphatic carbocycles. The van der Waals surface area contributed by atoms with E-state index < -0.39 is 5.97 Å². The molecule has 6 aromatic rings. The summed E-state index contributed by atoms with van der Waals surface area (Å²) < 4.78 is 7.45. The van der Waals surface area contributed by atoms with Crippen molar-refractivity contribution in [3.05, 3.63) is 125 Å². The van der Waals surface area contributed by atoms with E-state index in [0.717, 1.165) is 44.4 Å². The van der Waals surface area contributed by atoms with E-state index in [0.29, 0.717) is 17.1 Å². The number of para-hydroxylation sites is 2. The minimum absolute atomic E-state index is 0.268. The number of hydrogen-bond donors (Lipinski definition) is 0. The molecule has 194 valence electrons. The monoisotopic (exact) mass is 521 g/mol. The zero-order valence-electron chi connectivity index (χ0n) is 22.6. The van der Waals surface area contributed by atoms with Gasteiger partial charge in [-0.05, 0) is 68.7 Å². The molecule has 0 fully saturated rings. The van der Waals surface area contributed by atoms with Gasteiger partial charge in [0, 0.05) is 22.9 Å². The lowest BCUT2D eigenvalue weighted by Crippen LogP contribution is -2.09. The summed E-state index contributed by atoms with van der Waals surface area (Å²) in [6.07, 6.45) is 1.88. The molecule has 0 spiro atoms. The van der Waals surface area contributed by atoms with Gasteiger partial charge in [0.1, 0.15) is 17.1 Å². The Morgan fingerprint density at radius 3 is 2.12 bits per heavy atom. The Labute approximate surface area is 233 Å². The molecule has 5 heteroatoms. The predicted molar refractivity (Wildman–Crippen MR) is 159 cm³/mol. The molecule has 3 heterocycles. The first-order valence-electron chi connectivity index (χ1n) is 13.3. The van der Waals surface area contributed by atoms with E-state index in [9.17, 15) is 4.79 Å². The van der Waals surface area contributed by atoms with Crippen LogP contribution in [0.1, 0.15) is 39.8 Å². The quantitative estimate of drug-likeness (QED) is 0.179. The summed E-state index contributed by atoms with van der Waals surface area (Å²) in [5.41, 5.74) is 9.55. The molecule has 5 nitrogen and oxygen atoms in total. The van der Waals surface area contributed by atoms with Crippen LogP contribution in [0.15, 0.2) is 97.2 Å². The van der Waals surface area contributed by atoms with Gasteiger partial charge < -0.3 is 9.14 Å². The second kappa shape index (κ2) is 10.5. The number of carbonyl (C=O) groups excluding carboxylic acids is 1. The van der Waals surface area contributed by atoms with E-state index in [1.165, 1.54) is 5.56 Å². The Balaban J connectivity index is 1.71. The highest BCUT2D eigenvalue weighted by Crippen LogP contribution is 2.41. The van der Waals surface area contributed by atoms with Gasteiger partial charge in [0.25, 0.3) is 0 Å². The molecule has 0 aliphatic heterocycles. The van der Waals surface area contributed by atoms with Gasteiger partial charge in [-0.1, -0.05) is 71.6 Å². The third kappa shape index (κ3) is 4.61. The smallest absolute Gasteiger partial charge is 0.355 e. The van der Waals surface area contributed by atoms with Crippen molar-refractivity contribution in [2.45, 2.75) is 20.8 Å². The van der Waals surface area contributed by atoms with Crippen molar-refractivity contribution < 1.29 is 9.53 Å². The van der Waals surface area contributed by atoms with Crippen LogP contribution in [0.3, 0.4) is 0 Å². The Morgan fingerprint density at radius 1 is 0.775 bits per heavy atom. The number of nitrogens with zero attached hydrogens (tertiary/aromatic N) is 3. The summed E-state index contributed by atoms with van der Waals surface area (Å²) in [6, 6.07) is 29.8. The third-order valence-corrected chi connectivity index (χ3v) is 6.84. The van der Waals surface area contributed by atoms with E-state index in [-0.39, 0.29) is 6.61 Å². The first-order valence-corrected chi connectivity index (χ1v) is 13.3. The van der Waals surface area contributed by atoms with Crippen molar-refractivity contribution in [1.82, 2.24) is 14.4 Å². The molecular formula is C35H27N3O2. The van der Waals surface area contributed by atoms with E-state index in [4.69, 9.17) is 14.7 Å². The number of esters is 1. The van der Waals surface area contributed by atoms with Crippen molar-refractivity contribution in [3.63, 3.8) is 0 Å². The third-order valence-electron chi connectivity index (χ3n) is 6.84. The zero-order chi connectivity index (χ0) is 27.6. The summed E-state index contributed by atoms with van der Waals surface area (Å²) in [7, 11) is 0. The summed E-state index contributed by atoms with van der Waals surface area (Å²) >= 11 is 0. The van der Waals surface area contributed by atoms with Gasteiger partial charge in [-0.3, -0.25) is 0 Å². The van der Waals surface area contributed by atoms with Crippen LogP contribution in [0, 0.1) is 25.7 Å². The molecule has 0 saturated heterocycles. The molecule has 40 heavy (non-hydrogen) atoms. The minimum atomic E-state index is -0.397. The molecule has 0 saturated carbocycles. The Bertz CT molecular complexity index is 1940. The standard InChI is InChI=1S/C35H27N3O2/c1-4-40-35(39)34-31(26-19-14-24(3)15-20-26)32(30-11-7-8-22-38(30)34)33-29(21-18-25-16-12-23(2)13-17-25)36-27-9-5-6-10-28(27)37-33/h5-17,19-20,22H,4H2,1-3H3. The maximum atomic E-state index is 13.5. The largest absolute Gasteiger partial charge is 0.461 e. The van der Waals surface area contributed by atoms with Crippen LogP contribution >= 0.6 is 0 Å². The highest BCUT2D eigenvalue weighted by atomic mass is 16.5. The Hall–Kier alpha value is -5.21. The number of pyridine rings is 1. The van der Waals surface area contributed by atoms with Crippen LogP contribution in [-0.4, -0.2) is 26.9 Å². The van der Waals surface area contributed by atoms with Gasteiger partial charge >= 0.3 is 5.97 Å². The second-order valence-corrected chi connectivity index (χ2v) is 9.67. The highest BCUT2D eigenvalue weighted by Gasteiger charge is 2.28. The average Bonchev–Trinajstić information content (AvgIpc) is 3.32. The van der Waals surface area contributed by atoms with Crippen molar-refractivity contribution in [1.29, 1.82) is 0 Å². The van der Waals surface area contributed by atoms with Crippen molar-refractivity contribution in [3.8, 4) is 34.2 Å². The fourth-order valence-corrected chi connectivity index (χ4v) is 4.88. The maximum absolute atomic E-state index is 13.5. The second-order valence-electron chi connectivity index (χ2n) is 9.67. The number of rotatable bonds is 4. The lowest BCUT2D eigenvalue weighted by Gasteiger charge is -2.10. The topological polar surface area (TPSA) is 56.5 Å². The number of aromatic nitrogens is 3. The highest BCUT2D eigenvalue weighted by molar-refractivity contribution is 6.07. The fourth-order valence-electron chi connectivity index (χ4n) is 4.88. The molecule has 0 atom stereocenters. The minimum Gasteiger partial charge on any atom is -0.461 e. The summed E-state index contributed by atoms with van der Waals surface area (Å²) in [4.78, 5) is 23.6. The van der Waals surface area contributed by atoms with Gasteiger partial charge in [-0.25, -0.2) is 14.8 Å². The predicted octanol–water partition coefficient (Wildman–Crippen LogP) is 7.41. The number of carbonyl (C=O) groups is 1. The van der Waals surface area contributed by atoms with Gasteiger partial charge in [-0.2, -0.15) is 0 Å². The Morgan fingerprint density at radius 2 is 1.43 bits per heavy atom. The molecule has 0 amide bonds. The van der Waals surface area contributed by atoms with Gasteiger partial charge in [0.05, 0.1) is 23.2 Å². The molecule has 3 aromatic heterocycles. The molecule has 0 unspecified atom stereocenters. The van der Waals surface area contributed by atoms with E-state index >= 15 is 0 Å². The fraction of sp³-hybridized carbons (Fsp3) is 0.114. The maximum Gasteiger partial charge on any atom is 0.355 e. The van der Waals surface area contributed by atoms with Crippen LogP contribution < -0.4 is 0 Å². The Kier molecular flexibility index (Phi) is 6.59. The van der Waals surface area contributed by atoms with Crippen LogP contribution in [0.2, 0.25) is 0 Å². The van der Waals surface area contributed by atoms with Crippen molar-refractivity contribution >= 4 is 22.5 Å². The van der Waals surface area contributed by atoms with Crippen LogP contribution in [-0.2, 0) is 4.74 Å². The lowest BCUT2D eigenvalue weighted by atomic mass is 9.96. The van der Waals surface area contributed by atoms with E-state index in [2.05, 4.69) is 18.8 Å². The van der Waals surface area contributed by atoms with Crippen LogP contribution in [0.4, 0.5) is 0 Å². The summed E-state index contributed by atoms with van der Waals surface area (Å²) in [5.74, 6) is 6.19. The lowest BCUT2D eigenvalue weighted by molar-refractivity contribution is 0.0519. The molecule has 3 aromatic carbocycles. The van der Waals surface area contributed by atoms with Gasteiger partial charge in [0.2, 0.25) is 0 Å². The molecule has 0 radical (unpaired) electrons. The molecule has 0 N–H and O–H groups in total. The van der Waals surface area contributed by atoms with Crippen LogP contribution in [0.25, 0.3) is 38.9 Å². The number of aryl methyl sites for hydroxylation is 2. The van der Waals surface area contributed by atoms with E-state index in [1.807, 2.05) is 115 Å². The van der Waals surface area contributed by atoms with Crippen molar-refractivity contribution in [2.24, 2.45) is 0 Å². The van der Waals surface area contributed by atoms with Gasteiger partial charge in [-0.15, -0.1) is 0 Å². The van der Waals surface area contributed by atoms with Crippen molar-refractivity contribution in [2.75, 3.05) is 6.61 Å². The van der Waals surface area contributed by atoms with Gasteiger partial charge in [0.15, 0.2) is 0 Å². The number of benzene rings is 3. The first kappa shape index (κ1) is 25.1. The van der Waals surface area contributed by atoms with E-state index in [1.54, 1.807) is 0 Å². The SMILES string of the molecule is CCOC(=O)c1c(-c2ccc(C)cc2)c(-c2nc3ccccc3nc2C#Cc2ccc(C)cc2)c2ccccn12. The molecule has 6 rings (SSSR count). The molecule has 0 aliphatic rings. The average molecular weight is 522 g/mol. The zero-order valence-corrected chi connectivity index (χ0v) is 22.6. The normalized spacial score (nSPS) is 10.9. The first-order chi connectivity index (χ1) is 19.5. The number of fused-ring (bicyclic) bond motifs is 2. The molecular weight excluding hydrogens is 494 g/mol. The van der Waals surface area contributed by atoms with Crippen LogP contribution in [0.5, 0.6) is 0 Å². The molecule has 0 bridgehead atoms. The summed E-state index contributed by atoms with van der Waals surface area (Å²) in [5, 5.41) is 0. The number of ether oxygens (including phenoxy) is 1. The number of hydrogen-bond acceptors (Lipinski definition) is 4.